The number of hydrogen-bond donors (Lipinski definition) is 6. The Balaban J connectivity index is 1.45. The van der Waals surface area contributed by atoms with E-state index in [-0.39, 0.29) is 11.5 Å². The molecule has 0 aliphatic carbocycles. The Morgan fingerprint density at radius 1 is 0.941 bits per heavy atom. The Labute approximate surface area is 210 Å². The molecule has 1 aliphatic heterocycles. The van der Waals surface area contributed by atoms with Crippen molar-refractivity contribution in [2.45, 2.75) is 31.8 Å². The number of rotatable bonds is 14. The smallest absolute Gasteiger partial charge is 0.255 e. The molecule has 0 aromatic heterocycles. The lowest BCUT2D eigenvalue weighted by molar-refractivity contribution is 0.0935. The molecule has 3 rings (SSSR count). The highest BCUT2D eigenvalue weighted by molar-refractivity contribution is 6.42. The second kappa shape index (κ2) is 13.7. The summed E-state index contributed by atoms with van der Waals surface area (Å²) in [5, 5.41) is 16.7. The summed E-state index contributed by atoms with van der Waals surface area (Å²) < 4.78 is 14.6. The van der Waals surface area contributed by atoms with Crippen molar-refractivity contribution in [3.05, 3.63) is 57.3 Å². The molecule has 7 nitrogen and oxygen atoms in total. The minimum Gasteiger partial charge on any atom is -0.383 e. The maximum Gasteiger partial charge on any atom is 0.255 e. The number of benzene rings is 2. The van der Waals surface area contributed by atoms with Crippen LogP contribution in [0.4, 0.5) is 15.8 Å². The van der Waals surface area contributed by atoms with E-state index in [9.17, 15) is 9.18 Å². The summed E-state index contributed by atoms with van der Waals surface area (Å²) >= 11 is 12.4. The number of fused-ring (bicyclic) bond motifs is 1. The molecule has 2 aromatic carbocycles. The van der Waals surface area contributed by atoms with E-state index in [1.165, 1.54) is 6.07 Å². The molecule has 0 fully saturated rings. The number of nitrogens with two attached hydrogens (primary N) is 1. The first kappa shape index (κ1) is 26.5. The number of carbonyl (C=O) groups is 1. The quantitative estimate of drug-likeness (QED) is 0.214. The molecule has 0 saturated heterocycles. The third-order valence-corrected chi connectivity index (χ3v) is 6.41. The van der Waals surface area contributed by atoms with Gasteiger partial charge in [0.15, 0.2) is 0 Å². The predicted molar refractivity (Wildman–Crippen MR) is 138 cm³/mol. The molecule has 1 atom stereocenters. The maximum atomic E-state index is 14.6. The van der Waals surface area contributed by atoms with Crippen LogP contribution in [-0.2, 0) is 0 Å². The Hall–Kier alpha value is -2.10. The third-order valence-electron chi connectivity index (χ3n) is 5.58. The maximum absolute atomic E-state index is 14.6. The van der Waals surface area contributed by atoms with E-state index in [0.29, 0.717) is 33.5 Å². The number of carbonyl (C=O) groups excluding carboxylic acids is 1. The van der Waals surface area contributed by atoms with E-state index in [0.717, 1.165) is 58.4 Å². The lowest BCUT2D eigenvalue weighted by Crippen LogP contribution is -2.38. The van der Waals surface area contributed by atoms with Crippen molar-refractivity contribution in [1.29, 1.82) is 0 Å². The molecule has 1 aliphatic rings. The molecule has 0 spiro atoms. The van der Waals surface area contributed by atoms with Crippen molar-refractivity contribution in [2.75, 3.05) is 49.9 Å². The van der Waals surface area contributed by atoms with E-state index in [4.69, 9.17) is 28.9 Å². The van der Waals surface area contributed by atoms with Gasteiger partial charge in [-0.15, -0.1) is 0 Å². The van der Waals surface area contributed by atoms with Crippen LogP contribution >= 0.6 is 23.2 Å². The van der Waals surface area contributed by atoms with Gasteiger partial charge >= 0.3 is 0 Å². The molecule has 10 heteroatoms. The van der Waals surface area contributed by atoms with Gasteiger partial charge in [0.1, 0.15) is 12.0 Å². The zero-order valence-corrected chi connectivity index (χ0v) is 20.7. The summed E-state index contributed by atoms with van der Waals surface area (Å²) in [6.45, 7) is 5.12. The molecule has 1 amide bonds. The van der Waals surface area contributed by atoms with Gasteiger partial charge in [-0.1, -0.05) is 35.3 Å². The molecular weight excluding hydrogens is 478 g/mol. The topological polar surface area (TPSA) is 103 Å². The van der Waals surface area contributed by atoms with Crippen LogP contribution in [0.2, 0.25) is 10.0 Å². The largest absolute Gasteiger partial charge is 0.383 e. The molecule has 1 unspecified atom stereocenters. The van der Waals surface area contributed by atoms with Crippen molar-refractivity contribution >= 4 is 40.5 Å². The van der Waals surface area contributed by atoms with Gasteiger partial charge in [-0.3, -0.25) is 4.79 Å². The highest BCUT2D eigenvalue weighted by atomic mass is 35.5. The van der Waals surface area contributed by atoms with Gasteiger partial charge in [0.25, 0.3) is 5.91 Å². The summed E-state index contributed by atoms with van der Waals surface area (Å²) in [6, 6.07) is 8.10. The van der Waals surface area contributed by atoms with Crippen LogP contribution in [0, 0.1) is 5.82 Å². The number of unbranched alkanes of at least 4 members (excludes halogenated alkanes) is 1. The number of anilines is 2. The van der Waals surface area contributed by atoms with E-state index < -0.39 is 12.0 Å². The highest BCUT2D eigenvalue weighted by Gasteiger charge is 2.28. The monoisotopic (exact) mass is 510 g/mol. The Kier molecular flexibility index (Phi) is 10.7. The van der Waals surface area contributed by atoms with Crippen LogP contribution in [0.15, 0.2) is 30.3 Å². The minimum atomic E-state index is -0.565. The van der Waals surface area contributed by atoms with Crippen LogP contribution in [0.5, 0.6) is 0 Å². The van der Waals surface area contributed by atoms with Gasteiger partial charge in [0, 0.05) is 12.1 Å². The van der Waals surface area contributed by atoms with Crippen LogP contribution in [0.3, 0.4) is 0 Å². The highest BCUT2D eigenvalue weighted by Crippen LogP contribution is 2.35. The number of amides is 1. The molecule has 0 bridgehead atoms. The van der Waals surface area contributed by atoms with Crippen LogP contribution < -0.4 is 32.3 Å². The van der Waals surface area contributed by atoms with Gasteiger partial charge in [-0.05, 0) is 76.6 Å². The van der Waals surface area contributed by atoms with E-state index in [1.807, 2.05) is 0 Å². The van der Waals surface area contributed by atoms with Crippen molar-refractivity contribution in [2.24, 2.45) is 5.73 Å². The van der Waals surface area contributed by atoms with Gasteiger partial charge in [-0.2, -0.15) is 0 Å². The van der Waals surface area contributed by atoms with Crippen molar-refractivity contribution in [3.8, 4) is 0 Å². The Bertz CT molecular complexity index is 961. The summed E-state index contributed by atoms with van der Waals surface area (Å²) in [4.78, 5) is 12.6. The summed E-state index contributed by atoms with van der Waals surface area (Å²) in [6.07, 6.45) is 3.52. The zero-order chi connectivity index (χ0) is 24.3. The van der Waals surface area contributed by atoms with Crippen molar-refractivity contribution < 1.29 is 9.18 Å². The van der Waals surface area contributed by atoms with Gasteiger partial charge in [0.2, 0.25) is 0 Å². The van der Waals surface area contributed by atoms with Crippen LogP contribution in [-0.4, -0.2) is 45.2 Å². The van der Waals surface area contributed by atoms with Gasteiger partial charge in [0.05, 0.1) is 27.0 Å². The first-order chi connectivity index (χ1) is 16.5. The first-order valence-corrected chi connectivity index (χ1v) is 12.5. The lowest BCUT2D eigenvalue weighted by atomic mass is 10.0. The number of halogens is 3. The average Bonchev–Trinajstić information content (AvgIpc) is 2.82. The SMILES string of the molecule is NCCCNCCCCNCCCNc1cc2c(cc1F)C(=O)NC(c1cccc(Cl)c1Cl)N2. The molecule has 0 saturated carbocycles. The fourth-order valence-electron chi connectivity index (χ4n) is 3.73. The van der Waals surface area contributed by atoms with Gasteiger partial charge < -0.3 is 32.3 Å². The lowest BCUT2D eigenvalue weighted by Gasteiger charge is -2.29. The fourth-order valence-corrected chi connectivity index (χ4v) is 4.15. The first-order valence-electron chi connectivity index (χ1n) is 11.7. The van der Waals surface area contributed by atoms with Crippen LogP contribution in [0.1, 0.15) is 47.8 Å². The van der Waals surface area contributed by atoms with E-state index >= 15 is 0 Å². The normalized spacial score (nSPS) is 14.9. The molecule has 186 valence electrons. The molecule has 34 heavy (non-hydrogen) atoms. The number of hydrogen-bond acceptors (Lipinski definition) is 6. The summed E-state index contributed by atoms with van der Waals surface area (Å²) in [7, 11) is 0. The third kappa shape index (κ3) is 7.45. The Morgan fingerprint density at radius 3 is 2.38 bits per heavy atom. The van der Waals surface area contributed by atoms with E-state index in [1.54, 1.807) is 24.3 Å². The van der Waals surface area contributed by atoms with Crippen LogP contribution in [0.25, 0.3) is 0 Å². The molecule has 0 radical (unpaired) electrons. The second-order valence-corrected chi connectivity index (χ2v) is 8.99. The van der Waals surface area contributed by atoms with Crippen molar-refractivity contribution in [3.63, 3.8) is 0 Å². The minimum absolute atomic E-state index is 0.247. The molecule has 1 heterocycles. The molecule has 7 N–H and O–H groups in total. The molecular formula is C24H33Cl2FN6O. The number of nitrogens with one attached hydrogen (secondary N) is 5. The average molecular weight is 511 g/mol. The zero-order valence-electron chi connectivity index (χ0n) is 19.2. The summed E-state index contributed by atoms with van der Waals surface area (Å²) in [5.41, 5.74) is 7.23. The fraction of sp³-hybridized carbons (Fsp3) is 0.458. The second-order valence-electron chi connectivity index (χ2n) is 8.20. The molecule has 2 aromatic rings. The standard InChI is InChI=1S/C24H33Cl2FN6O/c25-18-7-3-6-16(22(18)26)23-32-20-15-21(19(27)14-17(20)24(34)33-23)31-13-5-12-30-10-2-1-9-29-11-4-8-28/h3,6-7,14-15,23,29-32H,1-2,4-5,8-13,28H2,(H,33,34). The van der Waals surface area contributed by atoms with Crippen molar-refractivity contribution in [1.82, 2.24) is 16.0 Å². The van der Waals surface area contributed by atoms with E-state index in [2.05, 4.69) is 26.6 Å². The predicted octanol–water partition coefficient (Wildman–Crippen LogP) is 4.10. The summed E-state index contributed by atoms with van der Waals surface area (Å²) in [5.74, 6) is -0.843. The van der Waals surface area contributed by atoms with Gasteiger partial charge in [-0.25, -0.2) is 4.39 Å². The Morgan fingerprint density at radius 2 is 1.65 bits per heavy atom.